The fourth-order valence-electron chi connectivity index (χ4n) is 2.90. The van der Waals surface area contributed by atoms with Crippen LogP contribution in [0.1, 0.15) is 0 Å². The van der Waals surface area contributed by atoms with Crippen LogP contribution in [0.4, 0.5) is 11.4 Å². The highest BCUT2D eigenvalue weighted by Crippen LogP contribution is 2.26. The molecule has 0 saturated carbocycles. The third kappa shape index (κ3) is 3.97. The first-order chi connectivity index (χ1) is 13.2. The molecule has 0 aliphatic carbocycles. The van der Waals surface area contributed by atoms with E-state index in [4.69, 9.17) is 10.5 Å². The minimum Gasteiger partial charge on any atom is -0.399 e. The molecule has 0 spiro atoms. The Bertz CT molecular complexity index is 901. The molecule has 7 N–H and O–H groups in total. The van der Waals surface area contributed by atoms with Gasteiger partial charge in [0.15, 0.2) is 6.23 Å². The molecule has 5 atom stereocenters. The van der Waals surface area contributed by atoms with Gasteiger partial charge in [0, 0.05) is 11.4 Å². The Morgan fingerprint density at radius 1 is 0.893 bits per heavy atom. The van der Waals surface area contributed by atoms with E-state index in [1.807, 2.05) is 0 Å². The van der Waals surface area contributed by atoms with Crippen molar-refractivity contribution in [1.82, 2.24) is 0 Å². The normalized spacial score (nSPS) is 28.1. The lowest BCUT2D eigenvalue weighted by Gasteiger charge is -2.40. The summed E-state index contributed by atoms with van der Waals surface area (Å²) in [5.41, 5.74) is 6.46. The Morgan fingerprint density at radius 2 is 1.43 bits per heavy atom. The van der Waals surface area contributed by atoms with E-state index in [2.05, 4.69) is 5.32 Å². The molecule has 10 heteroatoms. The Labute approximate surface area is 161 Å². The molecule has 0 aromatic heterocycles. The lowest BCUT2D eigenvalue weighted by molar-refractivity contribution is -0.221. The van der Waals surface area contributed by atoms with Gasteiger partial charge in [-0.25, -0.2) is 8.42 Å². The summed E-state index contributed by atoms with van der Waals surface area (Å²) in [5, 5.41) is 41.7. The van der Waals surface area contributed by atoms with Gasteiger partial charge in [0.25, 0.3) is 0 Å². The number of ether oxygens (including phenoxy) is 1. The van der Waals surface area contributed by atoms with Crippen LogP contribution in [-0.2, 0) is 14.6 Å². The number of hydrogen-bond acceptors (Lipinski definition) is 9. The monoisotopic (exact) mass is 410 g/mol. The number of nitrogen functional groups attached to an aromatic ring is 1. The molecule has 0 radical (unpaired) electrons. The first kappa shape index (κ1) is 20.5. The number of hydrogen-bond donors (Lipinski definition) is 6. The van der Waals surface area contributed by atoms with E-state index in [1.54, 1.807) is 0 Å². The van der Waals surface area contributed by atoms with Gasteiger partial charge >= 0.3 is 0 Å². The summed E-state index contributed by atoms with van der Waals surface area (Å²) in [6.07, 6.45) is -6.55. The molecule has 0 bridgehead atoms. The maximum atomic E-state index is 12.6. The maximum Gasteiger partial charge on any atom is 0.206 e. The Morgan fingerprint density at radius 3 is 1.96 bits per heavy atom. The summed E-state index contributed by atoms with van der Waals surface area (Å²) in [6.45, 7) is -0.540. The smallest absolute Gasteiger partial charge is 0.206 e. The minimum absolute atomic E-state index is 0.0663. The Hall–Kier alpha value is -2.21. The number of aliphatic hydroxyl groups excluding tert-OH is 4. The van der Waals surface area contributed by atoms with E-state index in [0.29, 0.717) is 11.4 Å². The molecule has 9 nitrogen and oxygen atoms in total. The first-order valence-corrected chi connectivity index (χ1v) is 10.00. The van der Waals surface area contributed by atoms with E-state index >= 15 is 0 Å². The predicted molar refractivity (Wildman–Crippen MR) is 100 cm³/mol. The van der Waals surface area contributed by atoms with Crippen molar-refractivity contribution in [3.05, 3.63) is 48.5 Å². The van der Waals surface area contributed by atoms with Crippen molar-refractivity contribution < 1.29 is 33.6 Å². The molecule has 1 heterocycles. The fraction of sp³-hybridized carbons (Fsp3) is 0.333. The molecule has 0 amide bonds. The largest absolute Gasteiger partial charge is 0.399 e. The topological polar surface area (TPSA) is 162 Å². The Balaban J connectivity index is 1.76. The summed E-state index contributed by atoms with van der Waals surface area (Å²) < 4.78 is 30.7. The average Bonchev–Trinajstić information content (AvgIpc) is 2.69. The zero-order valence-corrected chi connectivity index (χ0v) is 15.5. The van der Waals surface area contributed by atoms with Crippen LogP contribution < -0.4 is 11.1 Å². The molecule has 0 unspecified atom stereocenters. The quantitative estimate of drug-likeness (QED) is 0.350. The van der Waals surface area contributed by atoms with Crippen LogP contribution in [0, 0.1) is 0 Å². The summed E-state index contributed by atoms with van der Waals surface area (Å²) in [5.74, 6) is 0. The average molecular weight is 410 g/mol. The van der Waals surface area contributed by atoms with Gasteiger partial charge in [-0.1, -0.05) is 0 Å². The number of nitrogens with two attached hydrogens (primary N) is 1. The molecule has 1 aliphatic heterocycles. The highest BCUT2D eigenvalue weighted by Gasteiger charge is 2.43. The molecule has 1 saturated heterocycles. The second kappa shape index (κ2) is 8.03. The molecule has 1 fully saturated rings. The number of anilines is 2. The highest BCUT2D eigenvalue weighted by atomic mass is 32.2. The van der Waals surface area contributed by atoms with Crippen molar-refractivity contribution in [2.75, 3.05) is 17.7 Å². The maximum absolute atomic E-state index is 12.6. The van der Waals surface area contributed by atoms with Crippen LogP contribution >= 0.6 is 0 Å². The van der Waals surface area contributed by atoms with Gasteiger partial charge in [-0.3, -0.25) is 0 Å². The van der Waals surface area contributed by atoms with Crippen molar-refractivity contribution in [3.63, 3.8) is 0 Å². The van der Waals surface area contributed by atoms with E-state index in [1.165, 1.54) is 48.5 Å². The summed E-state index contributed by atoms with van der Waals surface area (Å²) >= 11 is 0. The van der Waals surface area contributed by atoms with Gasteiger partial charge < -0.3 is 36.2 Å². The van der Waals surface area contributed by atoms with Crippen molar-refractivity contribution in [2.24, 2.45) is 0 Å². The number of nitrogens with one attached hydrogen (secondary N) is 1. The zero-order valence-electron chi connectivity index (χ0n) is 14.7. The van der Waals surface area contributed by atoms with E-state index in [-0.39, 0.29) is 9.79 Å². The lowest BCUT2D eigenvalue weighted by Crippen LogP contribution is -2.60. The van der Waals surface area contributed by atoms with Crippen LogP contribution in [0.2, 0.25) is 0 Å². The fourth-order valence-corrected chi connectivity index (χ4v) is 4.16. The van der Waals surface area contributed by atoms with Crippen LogP contribution in [0.25, 0.3) is 0 Å². The molecule has 2 aromatic rings. The van der Waals surface area contributed by atoms with Gasteiger partial charge in [0.2, 0.25) is 9.84 Å². The van der Waals surface area contributed by atoms with Crippen LogP contribution in [-0.4, -0.2) is 66.1 Å². The predicted octanol–water partition coefficient (Wildman–Crippen LogP) is -0.687. The zero-order chi connectivity index (χ0) is 20.5. The SMILES string of the molecule is Nc1ccc(S(=O)(=O)c2ccc(N[C@H]3O[C@H](CO)[C@@H](O)[C@H](O)[C@H]3O)cc2)cc1. The number of sulfone groups is 1. The minimum atomic E-state index is -3.72. The third-order valence-electron chi connectivity index (χ3n) is 4.56. The number of aliphatic hydroxyl groups is 4. The van der Waals surface area contributed by atoms with Crippen molar-refractivity contribution in [2.45, 2.75) is 40.4 Å². The van der Waals surface area contributed by atoms with E-state index < -0.39 is 47.1 Å². The number of rotatable bonds is 5. The van der Waals surface area contributed by atoms with Crippen LogP contribution in [0.3, 0.4) is 0 Å². The van der Waals surface area contributed by atoms with Gasteiger partial charge in [-0.15, -0.1) is 0 Å². The molecule has 1 aliphatic rings. The summed E-state index contributed by atoms with van der Waals surface area (Å²) in [6, 6.07) is 11.6. The summed E-state index contributed by atoms with van der Waals surface area (Å²) in [7, 11) is -3.72. The molecular weight excluding hydrogens is 388 g/mol. The van der Waals surface area contributed by atoms with Gasteiger partial charge in [0.05, 0.1) is 16.4 Å². The van der Waals surface area contributed by atoms with Crippen molar-refractivity contribution in [1.29, 1.82) is 0 Å². The van der Waals surface area contributed by atoms with E-state index in [0.717, 1.165) is 0 Å². The third-order valence-corrected chi connectivity index (χ3v) is 6.34. The second-order valence-electron chi connectivity index (χ2n) is 6.49. The van der Waals surface area contributed by atoms with Gasteiger partial charge in [-0.2, -0.15) is 0 Å². The van der Waals surface area contributed by atoms with Crippen molar-refractivity contribution in [3.8, 4) is 0 Å². The van der Waals surface area contributed by atoms with Gasteiger partial charge in [0.1, 0.15) is 24.4 Å². The second-order valence-corrected chi connectivity index (χ2v) is 8.44. The molecule has 2 aromatic carbocycles. The standard InChI is InChI=1S/C18H22N2O7S/c19-10-1-5-12(6-2-10)28(25,26)13-7-3-11(4-8-13)20-18-17(24)16(23)15(22)14(9-21)27-18/h1-8,14-18,20-24H,9,19H2/t14-,15-,16+,17-,18+/m1/s1. The molecular formula is C18H22N2O7S. The molecule has 152 valence electrons. The van der Waals surface area contributed by atoms with Crippen LogP contribution in [0.15, 0.2) is 58.3 Å². The van der Waals surface area contributed by atoms with E-state index in [9.17, 15) is 28.8 Å². The van der Waals surface area contributed by atoms with Gasteiger partial charge in [-0.05, 0) is 48.5 Å². The number of benzene rings is 2. The Kier molecular flexibility index (Phi) is 5.89. The lowest BCUT2D eigenvalue weighted by atomic mass is 9.98. The van der Waals surface area contributed by atoms with Crippen molar-refractivity contribution >= 4 is 21.2 Å². The first-order valence-electron chi connectivity index (χ1n) is 8.52. The molecule has 3 rings (SSSR count). The molecule has 28 heavy (non-hydrogen) atoms. The van der Waals surface area contributed by atoms with Crippen LogP contribution in [0.5, 0.6) is 0 Å². The summed E-state index contributed by atoms with van der Waals surface area (Å²) in [4.78, 5) is 0.174. The highest BCUT2D eigenvalue weighted by molar-refractivity contribution is 7.91.